The third-order valence-electron chi connectivity index (χ3n) is 6.07. The van der Waals surface area contributed by atoms with Crippen molar-refractivity contribution < 1.29 is 0 Å². The highest BCUT2D eigenvalue weighted by atomic mass is 15.4. The average molecular weight is 339 g/mol. The Morgan fingerprint density at radius 1 is 1.12 bits per heavy atom. The van der Waals surface area contributed by atoms with Crippen molar-refractivity contribution in [2.75, 3.05) is 13.1 Å². The van der Waals surface area contributed by atoms with Crippen LogP contribution in [-0.4, -0.2) is 43.8 Å². The van der Waals surface area contributed by atoms with E-state index in [4.69, 9.17) is 10.1 Å². The molecule has 5 nitrogen and oxygen atoms in total. The van der Waals surface area contributed by atoms with Crippen LogP contribution in [0.15, 0.2) is 24.5 Å². The highest BCUT2D eigenvalue weighted by Gasteiger charge is 2.35. The molecular weight excluding hydrogens is 310 g/mol. The Hall–Kier alpha value is -1.75. The SMILES string of the molecule is CCC(CC)n1nc(-c2ccncc2)nc1C1CCN2CCCC2C1. The molecule has 0 aromatic carbocycles. The monoisotopic (exact) mass is 339 g/mol. The van der Waals surface area contributed by atoms with Gasteiger partial charge in [0.05, 0.1) is 6.04 Å². The lowest BCUT2D eigenvalue weighted by atomic mass is 9.90. The van der Waals surface area contributed by atoms with E-state index in [2.05, 4.69) is 28.4 Å². The molecule has 2 unspecified atom stereocenters. The molecule has 0 bridgehead atoms. The first-order chi connectivity index (χ1) is 12.3. The van der Waals surface area contributed by atoms with Gasteiger partial charge in [0.2, 0.25) is 0 Å². The first kappa shape index (κ1) is 16.7. The minimum absolute atomic E-state index is 0.444. The molecule has 134 valence electrons. The Morgan fingerprint density at radius 3 is 2.68 bits per heavy atom. The predicted octanol–water partition coefficient (Wildman–Crippen LogP) is 4.04. The Morgan fingerprint density at radius 2 is 1.92 bits per heavy atom. The molecule has 0 N–H and O–H groups in total. The molecule has 5 heteroatoms. The fraction of sp³-hybridized carbons (Fsp3) is 0.650. The highest BCUT2D eigenvalue weighted by molar-refractivity contribution is 5.53. The summed E-state index contributed by atoms with van der Waals surface area (Å²) in [5, 5.41) is 4.95. The number of aromatic nitrogens is 4. The fourth-order valence-electron chi connectivity index (χ4n) is 4.60. The van der Waals surface area contributed by atoms with Crippen molar-refractivity contribution in [1.82, 2.24) is 24.6 Å². The second-order valence-electron chi connectivity index (χ2n) is 7.50. The molecule has 0 aliphatic carbocycles. The molecule has 2 fully saturated rings. The van der Waals surface area contributed by atoms with Crippen LogP contribution in [-0.2, 0) is 0 Å². The number of fused-ring (bicyclic) bond motifs is 1. The predicted molar refractivity (Wildman–Crippen MR) is 99.4 cm³/mol. The minimum atomic E-state index is 0.444. The number of hydrogen-bond donors (Lipinski definition) is 0. The van der Waals surface area contributed by atoms with Gasteiger partial charge in [-0.1, -0.05) is 13.8 Å². The third kappa shape index (κ3) is 3.22. The van der Waals surface area contributed by atoms with E-state index in [0.29, 0.717) is 12.0 Å². The van der Waals surface area contributed by atoms with Gasteiger partial charge in [-0.2, -0.15) is 5.10 Å². The number of pyridine rings is 1. The molecule has 4 rings (SSSR count). The van der Waals surface area contributed by atoms with Gasteiger partial charge >= 0.3 is 0 Å². The zero-order valence-corrected chi connectivity index (χ0v) is 15.4. The third-order valence-corrected chi connectivity index (χ3v) is 6.07. The van der Waals surface area contributed by atoms with Crippen LogP contribution in [0.1, 0.15) is 70.2 Å². The highest BCUT2D eigenvalue weighted by Crippen LogP contribution is 2.37. The van der Waals surface area contributed by atoms with Gasteiger partial charge in [0.25, 0.3) is 0 Å². The Labute approximate surface area is 150 Å². The lowest BCUT2D eigenvalue weighted by Gasteiger charge is -2.34. The van der Waals surface area contributed by atoms with Crippen molar-refractivity contribution in [2.45, 2.75) is 70.4 Å². The molecular formula is C20H29N5. The maximum atomic E-state index is 5.04. The standard InChI is InChI=1S/C20H29N5/c1-3-17(4-2)25-20(16-9-13-24-12-5-6-18(24)14-16)22-19(23-25)15-7-10-21-11-8-15/h7-8,10-11,16-18H,3-6,9,12-14H2,1-2H3. The fourth-order valence-corrected chi connectivity index (χ4v) is 4.60. The molecule has 2 saturated heterocycles. The lowest BCUT2D eigenvalue weighted by Crippen LogP contribution is -2.38. The normalized spacial score (nSPS) is 24.0. The van der Waals surface area contributed by atoms with E-state index in [1.165, 1.54) is 44.6 Å². The summed E-state index contributed by atoms with van der Waals surface area (Å²) in [5.74, 6) is 2.62. The molecule has 0 saturated carbocycles. The van der Waals surface area contributed by atoms with Crippen LogP contribution >= 0.6 is 0 Å². The van der Waals surface area contributed by atoms with Crippen molar-refractivity contribution in [3.05, 3.63) is 30.4 Å². The van der Waals surface area contributed by atoms with Crippen molar-refractivity contribution >= 4 is 0 Å². The first-order valence-corrected chi connectivity index (χ1v) is 9.91. The van der Waals surface area contributed by atoms with Gasteiger partial charge in [-0.15, -0.1) is 0 Å². The maximum Gasteiger partial charge on any atom is 0.181 e. The van der Waals surface area contributed by atoms with E-state index >= 15 is 0 Å². The first-order valence-electron chi connectivity index (χ1n) is 9.91. The zero-order chi connectivity index (χ0) is 17.2. The van der Waals surface area contributed by atoms with Crippen molar-refractivity contribution in [1.29, 1.82) is 0 Å². The summed E-state index contributed by atoms with van der Waals surface area (Å²) in [6.07, 6.45) is 11.0. The van der Waals surface area contributed by atoms with Gasteiger partial charge in [-0.05, 0) is 63.7 Å². The Kier molecular flexibility index (Phi) is 4.84. The van der Waals surface area contributed by atoms with Crippen molar-refractivity contribution in [2.24, 2.45) is 0 Å². The summed E-state index contributed by atoms with van der Waals surface area (Å²) in [6.45, 7) is 7.02. The molecule has 0 radical (unpaired) electrons. The average Bonchev–Trinajstić information content (AvgIpc) is 3.30. The van der Waals surface area contributed by atoms with Gasteiger partial charge in [-0.25, -0.2) is 9.67 Å². The quantitative estimate of drug-likeness (QED) is 0.825. The molecule has 0 spiro atoms. The second kappa shape index (κ2) is 7.24. The molecule has 2 aromatic heterocycles. The Balaban J connectivity index is 1.68. The summed E-state index contributed by atoms with van der Waals surface area (Å²) in [7, 11) is 0. The number of hydrogen-bond acceptors (Lipinski definition) is 4. The topological polar surface area (TPSA) is 46.8 Å². The zero-order valence-electron chi connectivity index (χ0n) is 15.4. The van der Waals surface area contributed by atoms with Gasteiger partial charge in [-0.3, -0.25) is 4.98 Å². The minimum Gasteiger partial charge on any atom is -0.300 e. The van der Waals surface area contributed by atoms with Crippen molar-refractivity contribution in [3.8, 4) is 11.4 Å². The molecule has 0 amide bonds. The van der Waals surface area contributed by atoms with Crippen LogP contribution in [0.4, 0.5) is 0 Å². The molecule has 4 heterocycles. The van der Waals surface area contributed by atoms with Crippen LogP contribution in [0, 0.1) is 0 Å². The summed E-state index contributed by atoms with van der Waals surface area (Å²) in [5.41, 5.74) is 1.07. The molecule has 2 aliphatic rings. The summed E-state index contributed by atoms with van der Waals surface area (Å²) in [6, 6.07) is 5.22. The largest absolute Gasteiger partial charge is 0.300 e. The van der Waals surface area contributed by atoms with E-state index in [0.717, 1.165) is 30.3 Å². The van der Waals surface area contributed by atoms with E-state index in [1.54, 1.807) is 0 Å². The maximum absolute atomic E-state index is 5.04. The molecule has 2 atom stereocenters. The smallest absolute Gasteiger partial charge is 0.181 e. The van der Waals surface area contributed by atoms with E-state index in [-0.39, 0.29) is 0 Å². The van der Waals surface area contributed by atoms with E-state index in [1.807, 2.05) is 24.5 Å². The van der Waals surface area contributed by atoms with Crippen LogP contribution in [0.2, 0.25) is 0 Å². The molecule has 2 aromatic rings. The summed E-state index contributed by atoms with van der Waals surface area (Å²) in [4.78, 5) is 11.8. The van der Waals surface area contributed by atoms with E-state index in [9.17, 15) is 0 Å². The molecule has 2 aliphatic heterocycles. The second-order valence-corrected chi connectivity index (χ2v) is 7.50. The molecule has 25 heavy (non-hydrogen) atoms. The van der Waals surface area contributed by atoms with E-state index < -0.39 is 0 Å². The van der Waals surface area contributed by atoms with Gasteiger partial charge < -0.3 is 4.90 Å². The summed E-state index contributed by atoms with van der Waals surface area (Å²) < 4.78 is 2.26. The van der Waals surface area contributed by atoms with Crippen LogP contribution in [0.25, 0.3) is 11.4 Å². The van der Waals surface area contributed by atoms with Crippen LogP contribution in [0.5, 0.6) is 0 Å². The van der Waals surface area contributed by atoms with Crippen LogP contribution in [0.3, 0.4) is 0 Å². The van der Waals surface area contributed by atoms with Gasteiger partial charge in [0.15, 0.2) is 5.82 Å². The number of rotatable bonds is 5. The van der Waals surface area contributed by atoms with Crippen LogP contribution < -0.4 is 0 Å². The summed E-state index contributed by atoms with van der Waals surface area (Å²) >= 11 is 0. The number of nitrogens with zero attached hydrogens (tertiary/aromatic N) is 5. The number of piperidine rings is 1. The van der Waals surface area contributed by atoms with Crippen molar-refractivity contribution in [3.63, 3.8) is 0 Å². The lowest BCUT2D eigenvalue weighted by molar-refractivity contribution is 0.174. The van der Waals surface area contributed by atoms with Gasteiger partial charge in [0, 0.05) is 29.9 Å². The Bertz CT molecular complexity index is 691. The van der Waals surface area contributed by atoms with Gasteiger partial charge in [0.1, 0.15) is 5.82 Å².